The van der Waals surface area contributed by atoms with E-state index in [1.165, 1.54) is 24.8 Å². The number of carbonyl (C=O) groups is 2. The molecule has 0 radical (unpaired) electrons. The zero-order valence-electron chi connectivity index (χ0n) is 17.2. The molecule has 1 aliphatic carbocycles. The monoisotopic (exact) mass is 457 g/mol. The number of piperidine rings is 1. The lowest BCUT2D eigenvalue weighted by Crippen LogP contribution is -2.59. The van der Waals surface area contributed by atoms with Crippen LogP contribution >= 0.6 is 11.3 Å². The number of halogens is 3. The Morgan fingerprint density at radius 2 is 1.94 bits per heavy atom. The molecule has 1 spiro atoms. The number of carbonyl (C=O) groups excluding carboxylic acids is 1. The lowest BCUT2D eigenvalue weighted by atomic mass is 9.59. The van der Waals surface area contributed by atoms with E-state index < -0.39 is 12.1 Å². The zero-order chi connectivity index (χ0) is 22.6. The standard InChI is InChI=1S/C19H25N3OS.C2HF3O2/c1-21-8-3-16(13-21)18(23)20-17-2-5-19(17)6-9-22(10-7-19)12-15-4-11-24-14-15;3-2(4,5)1(6)7/h3-4,8,11,13-14,17H,2,5-7,9-10,12H2,1H3,(H,20,23);(H,6,7). The van der Waals surface area contributed by atoms with Crippen molar-refractivity contribution in [1.82, 2.24) is 14.8 Å². The molecule has 0 bridgehead atoms. The number of aromatic nitrogens is 1. The van der Waals surface area contributed by atoms with Crippen molar-refractivity contribution in [2.75, 3.05) is 13.1 Å². The van der Waals surface area contributed by atoms with Crippen molar-refractivity contribution in [2.24, 2.45) is 12.5 Å². The number of likely N-dealkylation sites (tertiary alicyclic amines) is 1. The summed E-state index contributed by atoms with van der Waals surface area (Å²) in [7, 11) is 1.95. The third-order valence-electron chi connectivity index (χ3n) is 6.15. The van der Waals surface area contributed by atoms with Crippen molar-refractivity contribution >= 4 is 23.2 Å². The van der Waals surface area contributed by atoms with Gasteiger partial charge in [0.25, 0.3) is 5.91 Å². The van der Waals surface area contributed by atoms with Crippen molar-refractivity contribution in [2.45, 2.75) is 44.4 Å². The molecule has 2 aromatic heterocycles. The Morgan fingerprint density at radius 1 is 1.26 bits per heavy atom. The maximum atomic E-state index is 12.4. The number of nitrogens with zero attached hydrogens (tertiary/aromatic N) is 2. The number of carboxylic acid groups (broad SMARTS) is 1. The van der Waals surface area contributed by atoms with E-state index in [1.54, 1.807) is 11.3 Å². The molecule has 0 aromatic carbocycles. The molecule has 1 amide bonds. The first-order valence-electron chi connectivity index (χ1n) is 10.1. The second-order valence-corrected chi connectivity index (χ2v) is 8.98. The van der Waals surface area contributed by atoms with Gasteiger partial charge >= 0.3 is 12.1 Å². The van der Waals surface area contributed by atoms with Gasteiger partial charge in [0.15, 0.2) is 0 Å². The number of carboxylic acids is 1. The summed E-state index contributed by atoms with van der Waals surface area (Å²) in [6, 6.07) is 4.47. The topological polar surface area (TPSA) is 74.6 Å². The molecule has 170 valence electrons. The Bertz CT molecular complexity index is 887. The Kier molecular flexibility index (Phi) is 7.10. The Labute approximate surface area is 182 Å². The van der Waals surface area contributed by atoms with Crippen LogP contribution in [-0.4, -0.2) is 51.8 Å². The van der Waals surface area contributed by atoms with E-state index in [4.69, 9.17) is 9.90 Å². The molecule has 6 nitrogen and oxygen atoms in total. The average Bonchev–Trinajstić information content (AvgIpc) is 3.37. The maximum absolute atomic E-state index is 12.4. The number of aliphatic carboxylic acids is 1. The molecule has 1 aliphatic heterocycles. The fourth-order valence-electron chi connectivity index (χ4n) is 4.20. The second kappa shape index (κ2) is 9.44. The van der Waals surface area contributed by atoms with Crippen molar-refractivity contribution in [3.8, 4) is 0 Å². The first-order chi connectivity index (χ1) is 14.6. The van der Waals surface area contributed by atoms with E-state index in [9.17, 15) is 18.0 Å². The number of aryl methyl sites for hydroxylation is 1. The minimum atomic E-state index is -5.08. The van der Waals surface area contributed by atoms with E-state index in [0.29, 0.717) is 11.5 Å². The normalized spacial score (nSPS) is 20.5. The summed E-state index contributed by atoms with van der Waals surface area (Å²) in [6.45, 7) is 3.36. The molecule has 1 atom stereocenters. The van der Waals surface area contributed by atoms with Crippen molar-refractivity contribution in [3.05, 3.63) is 46.4 Å². The predicted octanol–water partition coefficient (Wildman–Crippen LogP) is 3.89. The Hall–Kier alpha value is -2.33. The SMILES string of the molecule is Cn1ccc(C(=O)NC2CCC23CCN(Cc2ccsc2)CC3)c1.O=C(O)C(F)(F)F. The number of hydrogen-bond acceptors (Lipinski definition) is 4. The highest BCUT2D eigenvalue weighted by atomic mass is 32.1. The number of hydrogen-bond donors (Lipinski definition) is 2. The van der Waals surface area contributed by atoms with Gasteiger partial charge in [-0.15, -0.1) is 0 Å². The molecule has 2 N–H and O–H groups in total. The van der Waals surface area contributed by atoms with Crippen molar-refractivity contribution < 1.29 is 27.9 Å². The Morgan fingerprint density at radius 3 is 2.39 bits per heavy atom. The first kappa shape index (κ1) is 23.3. The highest BCUT2D eigenvalue weighted by molar-refractivity contribution is 7.07. The summed E-state index contributed by atoms with van der Waals surface area (Å²) < 4.78 is 33.7. The van der Waals surface area contributed by atoms with E-state index in [0.717, 1.165) is 31.6 Å². The van der Waals surface area contributed by atoms with E-state index in [-0.39, 0.29) is 5.91 Å². The summed E-state index contributed by atoms with van der Waals surface area (Å²) in [5, 5.41) is 14.8. The van der Waals surface area contributed by atoms with Crippen LogP contribution in [0.2, 0.25) is 0 Å². The average molecular weight is 458 g/mol. The minimum Gasteiger partial charge on any atom is -0.475 e. The number of thiophene rings is 1. The predicted molar refractivity (Wildman–Crippen MR) is 111 cm³/mol. The maximum Gasteiger partial charge on any atom is 0.490 e. The number of rotatable bonds is 4. The van der Waals surface area contributed by atoms with Crippen molar-refractivity contribution in [1.29, 1.82) is 0 Å². The fraction of sp³-hybridized carbons (Fsp3) is 0.524. The van der Waals surface area contributed by atoms with Gasteiger partial charge in [0.05, 0.1) is 5.56 Å². The lowest BCUT2D eigenvalue weighted by molar-refractivity contribution is -0.192. The van der Waals surface area contributed by atoms with Gasteiger partial charge in [0.2, 0.25) is 0 Å². The molecule has 2 aliphatic rings. The van der Waals surface area contributed by atoms with E-state index in [1.807, 2.05) is 30.1 Å². The quantitative estimate of drug-likeness (QED) is 0.731. The lowest BCUT2D eigenvalue weighted by Gasteiger charge is -2.54. The van der Waals surface area contributed by atoms with Crippen molar-refractivity contribution in [3.63, 3.8) is 0 Å². The third kappa shape index (κ3) is 5.88. The van der Waals surface area contributed by atoms with Gasteiger partial charge in [0, 0.05) is 32.0 Å². The highest BCUT2D eigenvalue weighted by Gasteiger charge is 2.48. The molecule has 1 saturated carbocycles. The van der Waals surface area contributed by atoms with Crippen LogP contribution in [0.15, 0.2) is 35.3 Å². The number of amides is 1. The molecule has 1 unspecified atom stereocenters. The summed E-state index contributed by atoms with van der Waals surface area (Å²) >= 11 is 1.77. The molecule has 1 saturated heterocycles. The smallest absolute Gasteiger partial charge is 0.475 e. The van der Waals surface area contributed by atoms with Gasteiger partial charge in [-0.25, -0.2) is 4.79 Å². The van der Waals surface area contributed by atoms with Crippen LogP contribution in [0, 0.1) is 5.41 Å². The molecular weight excluding hydrogens is 431 g/mol. The molecule has 31 heavy (non-hydrogen) atoms. The Balaban J connectivity index is 0.000000339. The summed E-state index contributed by atoms with van der Waals surface area (Å²) in [4.78, 5) is 23.9. The van der Waals surface area contributed by atoms with Crippen LogP contribution in [0.3, 0.4) is 0 Å². The molecule has 2 aromatic rings. The van der Waals surface area contributed by atoms with Crippen LogP contribution in [0.4, 0.5) is 13.2 Å². The van der Waals surface area contributed by atoms with E-state index in [2.05, 4.69) is 27.0 Å². The molecule has 4 rings (SSSR count). The van der Waals surface area contributed by atoms with Crippen LogP contribution in [-0.2, 0) is 18.4 Å². The summed E-state index contributed by atoms with van der Waals surface area (Å²) in [6.07, 6.45) is 3.54. The summed E-state index contributed by atoms with van der Waals surface area (Å²) in [5.74, 6) is -2.67. The third-order valence-corrected chi connectivity index (χ3v) is 6.88. The van der Waals surface area contributed by atoms with Gasteiger partial charge in [-0.05, 0) is 72.6 Å². The number of alkyl halides is 3. The molecule has 2 fully saturated rings. The van der Waals surface area contributed by atoms with Crippen LogP contribution in [0.25, 0.3) is 0 Å². The molecule has 10 heteroatoms. The van der Waals surface area contributed by atoms with Gasteiger partial charge in [0.1, 0.15) is 0 Å². The van der Waals surface area contributed by atoms with Gasteiger partial charge in [-0.2, -0.15) is 24.5 Å². The largest absolute Gasteiger partial charge is 0.490 e. The molecular formula is C21H26F3N3O3S. The van der Waals surface area contributed by atoms with Crippen LogP contribution in [0.5, 0.6) is 0 Å². The fourth-order valence-corrected chi connectivity index (χ4v) is 4.86. The number of nitrogens with one attached hydrogen (secondary N) is 1. The van der Waals surface area contributed by atoms with Gasteiger partial charge in [-0.1, -0.05) is 0 Å². The molecule has 3 heterocycles. The van der Waals surface area contributed by atoms with Crippen LogP contribution in [0.1, 0.15) is 41.6 Å². The van der Waals surface area contributed by atoms with E-state index >= 15 is 0 Å². The first-order valence-corrected chi connectivity index (χ1v) is 11.0. The van der Waals surface area contributed by atoms with Gasteiger partial charge in [-0.3, -0.25) is 9.69 Å². The highest BCUT2D eigenvalue weighted by Crippen LogP contribution is 2.49. The summed E-state index contributed by atoms with van der Waals surface area (Å²) in [5.41, 5.74) is 2.54. The second-order valence-electron chi connectivity index (χ2n) is 8.20. The van der Waals surface area contributed by atoms with Crippen LogP contribution < -0.4 is 5.32 Å². The van der Waals surface area contributed by atoms with Gasteiger partial charge < -0.3 is 15.0 Å². The minimum absolute atomic E-state index is 0.0837. The zero-order valence-corrected chi connectivity index (χ0v) is 18.0.